The molecule has 0 radical (unpaired) electrons. The molecule has 1 aromatic carbocycles. The van der Waals surface area contributed by atoms with Crippen molar-refractivity contribution in [3.05, 3.63) is 63.8 Å². The molecule has 0 bridgehead atoms. The zero-order chi connectivity index (χ0) is 21.1. The molecule has 0 saturated carbocycles. The van der Waals surface area contributed by atoms with Crippen molar-refractivity contribution in [1.29, 1.82) is 0 Å². The molecule has 0 unspecified atom stereocenters. The Morgan fingerprint density at radius 2 is 2.10 bits per heavy atom. The molecule has 2 aliphatic rings. The standard InChI is InChI=1S/C21H19ClN4O3S/c22-16-3-1-2-14(11-17-20(28)25-21(29)30-17)19(16)26-9-6-15(12-26)24-18(27)10-13-4-7-23-8-5-13/h1-5,7-8,11,15H,6,9-10,12H2,(H,24,27)(H,25,28,29)/t15-/m0/s1. The Bertz CT molecular complexity index is 1030. The van der Waals surface area contributed by atoms with Gasteiger partial charge in [0.25, 0.3) is 11.1 Å². The predicted octanol–water partition coefficient (Wildman–Crippen LogP) is 3.00. The summed E-state index contributed by atoms with van der Waals surface area (Å²) in [5, 5.41) is 5.51. The van der Waals surface area contributed by atoms with Gasteiger partial charge in [0.2, 0.25) is 5.91 Å². The van der Waals surface area contributed by atoms with Crippen LogP contribution in [0.1, 0.15) is 17.5 Å². The van der Waals surface area contributed by atoms with Crippen molar-refractivity contribution < 1.29 is 14.4 Å². The first-order chi connectivity index (χ1) is 14.5. The van der Waals surface area contributed by atoms with Crippen LogP contribution in [0.3, 0.4) is 0 Å². The maximum Gasteiger partial charge on any atom is 0.290 e. The van der Waals surface area contributed by atoms with Crippen molar-refractivity contribution in [3.8, 4) is 0 Å². The van der Waals surface area contributed by atoms with Gasteiger partial charge in [-0.1, -0.05) is 23.7 Å². The zero-order valence-electron chi connectivity index (χ0n) is 15.9. The summed E-state index contributed by atoms with van der Waals surface area (Å²) in [7, 11) is 0. The summed E-state index contributed by atoms with van der Waals surface area (Å²) < 4.78 is 0. The summed E-state index contributed by atoms with van der Waals surface area (Å²) in [5.74, 6) is -0.439. The van der Waals surface area contributed by atoms with E-state index in [9.17, 15) is 14.4 Å². The second kappa shape index (κ2) is 8.89. The molecule has 2 saturated heterocycles. The number of halogens is 1. The van der Waals surface area contributed by atoms with Gasteiger partial charge >= 0.3 is 0 Å². The molecule has 2 N–H and O–H groups in total. The molecule has 1 aromatic heterocycles. The minimum absolute atomic E-state index is 0.00171. The number of pyridine rings is 1. The largest absolute Gasteiger partial charge is 0.368 e. The van der Waals surface area contributed by atoms with Gasteiger partial charge < -0.3 is 10.2 Å². The Hall–Kier alpha value is -2.84. The van der Waals surface area contributed by atoms with Crippen LogP contribution >= 0.6 is 23.4 Å². The van der Waals surface area contributed by atoms with Crippen molar-refractivity contribution in [1.82, 2.24) is 15.6 Å². The molecule has 0 aliphatic carbocycles. The SMILES string of the molecule is O=C(Cc1ccncc1)N[C@H]1CCN(c2c(Cl)cccc2C=C2SC(=O)NC2=O)C1. The molecule has 3 heterocycles. The molecule has 30 heavy (non-hydrogen) atoms. The van der Waals surface area contributed by atoms with Gasteiger partial charge in [-0.3, -0.25) is 24.7 Å². The number of anilines is 1. The van der Waals surface area contributed by atoms with E-state index < -0.39 is 5.91 Å². The first-order valence-corrected chi connectivity index (χ1v) is 10.7. The number of aromatic nitrogens is 1. The maximum atomic E-state index is 12.4. The van der Waals surface area contributed by atoms with Gasteiger partial charge in [0.05, 0.1) is 22.0 Å². The lowest BCUT2D eigenvalue weighted by Crippen LogP contribution is -2.38. The molecule has 2 aliphatic heterocycles. The van der Waals surface area contributed by atoms with E-state index in [1.54, 1.807) is 24.5 Å². The van der Waals surface area contributed by atoms with Crippen molar-refractivity contribution in [2.24, 2.45) is 0 Å². The Balaban J connectivity index is 1.46. The molecule has 154 valence electrons. The Morgan fingerprint density at radius 3 is 2.83 bits per heavy atom. The third-order valence-electron chi connectivity index (χ3n) is 4.93. The number of rotatable bonds is 5. The second-order valence-corrected chi connectivity index (χ2v) is 8.48. The monoisotopic (exact) mass is 442 g/mol. The average molecular weight is 443 g/mol. The maximum absolute atomic E-state index is 12.4. The fourth-order valence-electron chi connectivity index (χ4n) is 3.59. The number of amides is 3. The van der Waals surface area contributed by atoms with Crippen LogP contribution in [0.5, 0.6) is 0 Å². The molecule has 1 atom stereocenters. The third kappa shape index (κ3) is 4.66. The number of hydrogen-bond donors (Lipinski definition) is 2. The van der Waals surface area contributed by atoms with Gasteiger partial charge in [-0.15, -0.1) is 0 Å². The molecule has 2 fully saturated rings. The van der Waals surface area contributed by atoms with Crippen LogP contribution in [0, 0.1) is 0 Å². The summed E-state index contributed by atoms with van der Waals surface area (Å²) in [6, 6.07) is 9.11. The van der Waals surface area contributed by atoms with Gasteiger partial charge in [0, 0.05) is 37.1 Å². The quantitative estimate of drug-likeness (QED) is 0.692. The molecule has 3 amide bonds. The molecular weight excluding hydrogens is 424 g/mol. The van der Waals surface area contributed by atoms with Gasteiger partial charge in [-0.05, 0) is 48.0 Å². The zero-order valence-corrected chi connectivity index (χ0v) is 17.5. The van der Waals surface area contributed by atoms with Crippen LogP contribution in [0.25, 0.3) is 6.08 Å². The summed E-state index contributed by atoms with van der Waals surface area (Å²) >= 11 is 7.36. The lowest BCUT2D eigenvalue weighted by atomic mass is 10.1. The van der Waals surface area contributed by atoms with E-state index in [1.807, 2.05) is 24.3 Å². The van der Waals surface area contributed by atoms with E-state index in [0.717, 1.165) is 41.5 Å². The normalized spacial score (nSPS) is 20.0. The number of carbonyl (C=O) groups is 3. The lowest BCUT2D eigenvalue weighted by Gasteiger charge is -2.23. The number of carbonyl (C=O) groups excluding carboxylic acids is 3. The van der Waals surface area contributed by atoms with E-state index in [0.29, 0.717) is 22.9 Å². The third-order valence-corrected chi connectivity index (χ3v) is 6.05. The van der Waals surface area contributed by atoms with Crippen molar-refractivity contribution in [2.75, 3.05) is 18.0 Å². The topological polar surface area (TPSA) is 91.4 Å². The number of nitrogens with zero attached hydrogens (tertiary/aromatic N) is 2. The van der Waals surface area contributed by atoms with Gasteiger partial charge in [-0.2, -0.15) is 0 Å². The van der Waals surface area contributed by atoms with Crippen molar-refractivity contribution in [2.45, 2.75) is 18.9 Å². The number of nitrogens with one attached hydrogen (secondary N) is 2. The fourth-order valence-corrected chi connectivity index (χ4v) is 4.56. The van der Waals surface area contributed by atoms with E-state index in [4.69, 9.17) is 11.6 Å². The van der Waals surface area contributed by atoms with Gasteiger partial charge in [-0.25, -0.2) is 0 Å². The summed E-state index contributed by atoms with van der Waals surface area (Å²) in [6.45, 7) is 1.33. The molecule has 0 spiro atoms. The van der Waals surface area contributed by atoms with Crippen LogP contribution < -0.4 is 15.5 Å². The second-order valence-electron chi connectivity index (χ2n) is 7.06. The van der Waals surface area contributed by atoms with E-state index in [2.05, 4.69) is 20.5 Å². The number of para-hydroxylation sites is 1. The highest BCUT2D eigenvalue weighted by molar-refractivity contribution is 8.18. The summed E-state index contributed by atoms with van der Waals surface area (Å²) in [6.07, 6.45) is 6.12. The van der Waals surface area contributed by atoms with Crippen LogP contribution in [0.15, 0.2) is 47.6 Å². The summed E-state index contributed by atoms with van der Waals surface area (Å²) in [4.78, 5) is 42.1. The molecule has 2 aromatic rings. The number of hydrogen-bond acceptors (Lipinski definition) is 6. The van der Waals surface area contributed by atoms with E-state index in [1.165, 1.54) is 0 Å². The van der Waals surface area contributed by atoms with Crippen LogP contribution in [0.2, 0.25) is 5.02 Å². The van der Waals surface area contributed by atoms with Gasteiger partial charge in [0.1, 0.15) is 0 Å². The average Bonchev–Trinajstić information content (AvgIpc) is 3.28. The highest BCUT2D eigenvalue weighted by atomic mass is 35.5. The van der Waals surface area contributed by atoms with E-state index >= 15 is 0 Å². The number of benzene rings is 1. The Morgan fingerprint density at radius 1 is 1.30 bits per heavy atom. The first-order valence-electron chi connectivity index (χ1n) is 9.46. The van der Waals surface area contributed by atoms with E-state index in [-0.39, 0.29) is 17.2 Å². The number of imide groups is 1. The lowest BCUT2D eigenvalue weighted by molar-refractivity contribution is -0.121. The minimum atomic E-state index is -0.404. The molecule has 7 nitrogen and oxygen atoms in total. The Labute approximate surface area is 182 Å². The first kappa shape index (κ1) is 20.4. The Kier molecular flexibility index (Phi) is 6.06. The number of thioether (sulfide) groups is 1. The highest BCUT2D eigenvalue weighted by Gasteiger charge is 2.29. The van der Waals surface area contributed by atoms with Crippen molar-refractivity contribution >= 4 is 52.2 Å². The summed E-state index contributed by atoms with van der Waals surface area (Å²) in [5.41, 5.74) is 2.48. The molecule has 4 rings (SSSR count). The smallest absolute Gasteiger partial charge is 0.290 e. The van der Waals surface area contributed by atoms with Crippen molar-refractivity contribution in [3.63, 3.8) is 0 Å². The minimum Gasteiger partial charge on any atom is -0.368 e. The predicted molar refractivity (Wildman–Crippen MR) is 117 cm³/mol. The van der Waals surface area contributed by atoms with Crippen LogP contribution in [0.4, 0.5) is 10.5 Å². The fraction of sp³-hybridized carbons (Fsp3) is 0.238. The van der Waals surface area contributed by atoms with Crippen LogP contribution in [-0.2, 0) is 16.0 Å². The van der Waals surface area contributed by atoms with Crippen LogP contribution in [-0.4, -0.2) is 41.2 Å². The highest BCUT2D eigenvalue weighted by Crippen LogP contribution is 2.36. The van der Waals surface area contributed by atoms with Gasteiger partial charge in [0.15, 0.2) is 0 Å². The molecular formula is C21H19ClN4O3S. The molecule has 9 heteroatoms.